The molecule has 0 fully saturated rings. The predicted octanol–water partition coefficient (Wildman–Crippen LogP) is 0.821. The van der Waals surface area contributed by atoms with E-state index in [-0.39, 0.29) is 5.91 Å². The summed E-state index contributed by atoms with van der Waals surface area (Å²) in [5.41, 5.74) is 0.875. The Balaban J connectivity index is 1.73. The van der Waals surface area contributed by atoms with Crippen LogP contribution in [0.15, 0.2) is 12.1 Å². The number of hydrogen-bond donors (Lipinski definition) is 2. The zero-order valence-electron chi connectivity index (χ0n) is 12.1. The first-order valence-electron chi connectivity index (χ1n) is 6.80. The first-order valence-corrected chi connectivity index (χ1v) is 7.62. The van der Waals surface area contributed by atoms with Gasteiger partial charge in [0.15, 0.2) is 5.82 Å². The van der Waals surface area contributed by atoms with Crippen LogP contribution in [0.25, 0.3) is 0 Å². The van der Waals surface area contributed by atoms with Crippen LogP contribution in [0, 0.1) is 0 Å². The molecule has 0 radical (unpaired) electrons. The van der Waals surface area contributed by atoms with E-state index in [1.807, 2.05) is 6.07 Å². The van der Waals surface area contributed by atoms with Crippen molar-refractivity contribution in [2.75, 3.05) is 12.4 Å². The number of aromatic nitrogens is 4. The molecule has 9 heteroatoms. The fourth-order valence-electron chi connectivity index (χ4n) is 1.77. The van der Waals surface area contributed by atoms with Crippen molar-refractivity contribution in [1.82, 2.24) is 25.7 Å². The van der Waals surface area contributed by atoms with Crippen LogP contribution in [0.2, 0.25) is 0 Å². The fraction of sp³-hybridized carbons (Fsp3) is 0.385. The van der Waals surface area contributed by atoms with Crippen molar-refractivity contribution < 1.29 is 9.59 Å². The van der Waals surface area contributed by atoms with Gasteiger partial charge >= 0.3 is 0 Å². The van der Waals surface area contributed by atoms with Crippen LogP contribution >= 0.6 is 11.3 Å². The molecular formula is C13H16N6O2S. The van der Waals surface area contributed by atoms with Crippen LogP contribution in [-0.2, 0) is 17.6 Å². The first kappa shape index (κ1) is 16.0. The molecule has 2 amide bonds. The third kappa shape index (κ3) is 4.55. The number of carbonyl (C=O) groups excluding carboxylic acids is 2. The lowest BCUT2D eigenvalue weighted by molar-refractivity contribution is -0.105. The number of hydrogen-bond acceptors (Lipinski definition) is 7. The lowest BCUT2D eigenvalue weighted by Gasteiger charge is -2.00. The summed E-state index contributed by atoms with van der Waals surface area (Å²) in [6.45, 7) is 0. The van der Waals surface area contributed by atoms with Crippen molar-refractivity contribution in [3.63, 3.8) is 0 Å². The van der Waals surface area contributed by atoms with Gasteiger partial charge in [0, 0.05) is 13.5 Å². The van der Waals surface area contributed by atoms with Gasteiger partial charge < -0.3 is 10.6 Å². The molecule has 8 nitrogen and oxygen atoms in total. The monoisotopic (exact) mass is 320 g/mol. The van der Waals surface area contributed by atoms with Crippen LogP contribution in [0.4, 0.5) is 5.82 Å². The third-order valence-corrected chi connectivity index (χ3v) is 3.87. The molecule has 2 aromatic heterocycles. The fourth-order valence-corrected chi connectivity index (χ4v) is 2.59. The van der Waals surface area contributed by atoms with Gasteiger partial charge in [-0.3, -0.25) is 9.59 Å². The summed E-state index contributed by atoms with van der Waals surface area (Å²) in [6, 6.07) is 3.56. The van der Waals surface area contributed by atoms with Crippen LogP contribution < -0.4 is 10.6 Å². The second-order valence-corrected chi connectivity index (χ2v) is 5.52. The van der Waals surface area contributed by atoms with Crippen molar-refractivity contribution >= 4 is 29.5 Å². The number of nitrogens with one attached hydrogen (secondary N) is 2. The van der Waals surface area contributed by atoms with Gasteiger partial charge in [0.2, 0.25) is 11.4 Å². The van der Waals surface area contributed by atoms with Crippen molar-refractivity contribution in [2.24, 2.45) is 0 Å². The maximum Gasteiger partial charge on any atom is 0.282 e. The number of unbranched alkanes of at least 4 members (excludes halogenated alkanes) is 1. The summed E-state index contributed by atoms with van der Waals surface area (Å²) in [5, 5.41) is 22.0. The minimum Gasteiger partial charge on any atom is -0.353 e. The number of nitrogens with zero attached hydrogens (tertiary/aromatic N) is 4. The predicted molar refractivity (Wildman–Crippen MR) is 81.7 cm³/mol. The summed E-state index contributed by atoms with van der Waals surface area (Å²) in [5.74, 6) is 0.234. The van der Waals surface area contributed by atoms with E-state index in [1.54, 1.807) is 13.1 Å². The minimum atomic E-state index is -0.206. The second-order valence-electron chi connectivity index (χ2n) is 4.46. The van der Waals surface area contributed by atoms with E-state index in [0.29, 0.717) is 17.2 Å². The van der Waals surface area contributed by atoms with Gasteiger partial charge in [0.1, 0.15) is 5.01 Å². The van der Waals surface area contributed by atoms with Crippen molar-refractivity contribution in [3.8, 4) is 0 Å². The van der Waals surface area contributed by atoms with Crippen LogP contribution in [0.3, 0.4) is 0 Å². The summed E-state index contributed by atoms with van der Waals surface area (Å²) >= 11 is 1.32. The zero-order chi connectivity index (χ0) is 15.8. The summed E-state index contributed by atoms with van der Waals surface area (Å²) in [6.07, 6.45) is 4.02. The normalized spacial score (nSPS) is 10.2. The summed E-state index contributed by atoms with van der Waals surface area (Å²) < 4.78 is 0. The molecule has 0 aliphatic rings. The molecule has 0 aliphatic carbocycles. The maximum absolute atomic E-state index is 11.4. The number of amides is 2. The van der Waals surface area contributed by atoms with Gasteiger partial charge in [-0.25, -0.2) is 0 Å². The van der Waals surface area contributed by atoms with Crippen LogP contribution in [-0.4, -0.2) is 39.8 Å². The van der Waals surface area contributed by atoms with Gasteiger partial charge in [-0.05, 0) is 31.4 Å². The topological polar surface area (TPSA) is 110 Å². The van der Waals surface area contributed by atoms with E-state index in [1.165, 1.54) is 11.3 Å². The Hall–Kier alpha value is -2.42. The average Bonchev–Trinajstić information content (AvgIpc) is 3.01. The van der Waals surface area contributed by atoms with Gasteiger partial charge in [-0.1, -0.05) is 11.3 Å². The zero-order valence-corrected chi connectivity index (χ0v) is 12.9. The molecule has 2 rings (SSSR count). The third-order valence-electron chi connectivity index (χ3n) is 2.89. The molecule has 0 unspecified atom stereocenters. The molecule has 2 N–H and O–H groups in total. The lowest BCUT2D eigenvalue weighted by atomic mass is 10.1. The van der Waals surface area contributed by atoms with Gasteiger partial charge in [-0.15, -0.1) is 15.3 Å². The molecular weight excluding hydrogens is 304 g/mol. The summed E-state index contributed by atoms with van der Waals surface area (Å²) in [4.78, 5) is 21.6. The number of carbonyl (C=O) groups is 2. The Kier molecular flexibility index (Phi) is 5.90. The smallest absolute Gasteiger partial charge is 0.282 e. The standard InChI is InChI=1S/C13H16N6O2S/c1-14-12(21)13-19-18-11(22-13)5-3-2-4-9-6-7-10(15-8-20)17-16-9/h6-8H,2-5H2,1H3,(H,14,21)(H,15,17,20). The van der Waals surface area contributed by atoms with Gasteiger partial charge in [0.25, 0.3) is 5.91 Å². The maximum atomic E-state index is 11.4. The minimum absolute atomic E-state index is 0.206. The van der Waals surface area contributed by atoms with E-state index < -0.39 is 0 Å². The second kappa shape index (κ2) is 8.13. The van der Waals surface area contributed by atoms with E-state index in [2.05, 4.69) is 31.0 Å². The molecule has 0 saturated heterocycles. The number of anilines is 1. The number of rotatable bonds is 8. The molecule has 0 atom stereocenters. The van der Waals surface area contributed by atoms with Crippen molar-refractivity contribution in [1.29, 1.82) is 0 Å². The van der Waals surface area contributed by atoms with E-state index in [0.717, 1.165) is 36.4 Å². The molecule has 0 spiro atoms. The molecule has 2 heterocycles. The van der Waals surface area contributed by atoms with E-state index >= 15 is 0 Å². The molecule has 0 aromatic carbocycles. The Morgan fingerprint density at radius 1 is 1.18 bits per heavy atom. The SMILES string of the molecule is CNC(=O)c1nnc(CCCCc2ccc(NC=O)nn2)s1. The van der Waals surface area contributed by atoms with Crippen LogP contribution in [0.5, 0.6) is 0 Å². The van der Waals surface area contributed by atoms with Crippen molar-refractivity contribution in [3.05, 3.63) is 27.8 Å². The molecule has 0 aliphatic heterocycles. The molecule has 0 bridgehead atoms. The van der Waals surface area contributed by atoms with E-state index in [9.17, 15) is 9.59 Å². The van der Waals surface area contributed by atoms with Gasteiger partial charge in [0.05, 0.1) is 5.69 Å². The van der Waals surface area contributed by atoms with E-state index in [4.69, 9.17) is 0 Å². The molecule has 0 saturated carbocycles. The summed E-state index contributed by atoms with van der Waals surface area (Å²) in [7, 11) is 1.57. The number of aryl methyl sites for hydroxylation is 2. The quantitative estimate of drug-likeness (QED) is 0.550. The van der Waals surface area contributed by atoms with Crippen molar-refractivity contribution in [2.45, 2.75) is 25.7 Å². The Labute approximate surface area is 131 Å². The lowest BCUT2D eigenvalue weighted by Crippen LogP contribution is -2.17. The first-order chi connectivity index (χ1) is 10.7. The van der Waals surface area contributed by atoms with Crippen LogP contribution in [0.1, 0.15) is 33.3 Å². The Morgan fingerprint density at radius 3 is 2.68 bits per heavy atom. The highest BCUT2D eigenvalue weighted by Crippen LogP contribution is 2.13. The Bertz CT molecular complexity index is 628. The molecule has 22 heavy (non-hydrogen) atoms. The highest BCUT2D eigenvalue weighted by atomic mass is 32.1. The highest BCUT2D eigenvalue weighted by molar-refractivity contribution is 7.13. The average molecular weight is 320 g/mol. The van der Waals surface area contributed by atoms with Gasteiger partial charge in [-0.2, -0.15) is 5.10 Å². The molecule has 2 aromatic rings. The molecule has 116 valence electrons. The largest absolute Gasteiger partial charge is 0.353 e. The Morgan fingerprint density at radius 2 is 2.00 bits per heavy atom. The highest BCUT2D eigenvalue weighted by Gasteiger charge is 2.10.